The minimum Gasteiger partial charge on any atom is -0.378 e. The molecule has 0 aromatic heterocycles. The number of rotatable bonds is 3. The summed E-state index contributed by atoms with van der Waals surface area (Å²) in [6, 6.07) is 15.3. The lowest BCUT2D eigenvalue weighted by atomic mass is 10.1. The highest BCUT2D eigenvalue weighted by Crippen LogP contribution is 2.25. The summed E-state index contributed by atoms with van der Waals surface area (Å²) >= 11 is 5.89. The van der Waals surface area contributed by atoms with Crippen LogP contribution < -0.4 is 4.90 Å². The molecule has 1 saturated heterocycles. The van der Waals surface area contributed by atoms with E-state index >= 15 is 0 Å². The average molecular weight is 345 g/mol. The van der Waals surface area contributed by atoms with Crippen LogP contribution >= 0.6 is 11.6 Å². The van der Waals surface area contributed by atoms with Gasteiger partial charge in [0.25, 0.3) is 5.91 Å². The summed E-state index contributed by atoms with van der Waals surface area (Å²) in [7, 11) is 4.03. The van der Waals surface area contributed by atoms with Gasteiger partial charge in [0.2, 0.25) is 0 Å². The van der Waals surface area contributed by atoms with Crippen LogP contribution in [0.5, 0.6) is 0 Å². The standard InChI is InChI=1S/C19H21ClN2O2/c1-21(2)17-9-5-14(6-10-17)18-13-22(11-12-24-18)19(23)15-3-7-16(20)8-4-15/h3-10,18H,11-13H2,1-2H3. The van der Waals surface area contributed by atoms with E-state index in [1.165, 1.54) is 0 Å². The van der Waals surface area contributed by atoms with Crippen molar-refractivity contribution in [1.29, 1.82) is 0 Å². The minimum atomic E-state index is -0.0915. The second-order valence-electron chi connectivity index (χ2n) is 6.10. The number of amides is 1. The predicted molar refractivity (Wildman–Crippen MR) is 96.8 cm³/mol. The molecule has 3 rings (SSSR count). The van der Waals surface area contributed by atoms with Crippen LogP contribution in [-0.2, 0) is 4.74 Å². The number of halogens is 1. The van der Waals surface area contributed by atoms with Crippen molar-refractivity contribution in [2.75, 3.05) is 38.7 Å². The van der Waals surface area contributed by atoms with Crippen LogP contribution in [0.2, 0.25) is 5.02 Å². The number of carbonyl (C=O) groups excluding carboxylic acids is 1. The number of morpholine rings is 1. The van der Waals surface area contributed by atoms with Gasteiger partial charge in [-0.15, -0.1) is 0 Å². The zero-order valence-electron chi connectivity index (χ0n) is 13.9. The lowest BCUT2D eigenvalue weighted by Crippen LogP contribution is -2.42. The van der Waals surface area contributed by atoms with Crippen molar-refractivity contribution in [2.24, 2.45) is 0 Å². The number of benzene rings is 2. The maximum Gasteiger partial charge on any atom is 0.254 e. The molecule has 1 aliphatic rings. The van der Waals surface area contributed by atoms with Gasteiger partial charge in [-0.25, -0.2) is 0 Å². The van der Waals surface area contributed by atoms with Crippen molar-refractivity contribution in [3.8, 4) is 0 Å². The maximum absolute atomic E-state index is 12.7. The topological polar surface area (TPSA) is 32.8 Å². The molecule has 0 spiro atoms. The largest absolute Gasteiger partial charge is 0.378 e. The number of anilines is 1. The fourth-order valence-electron chi connectivity index (χ4n) is 2.80. The molecule has 1 heterocycles. The van der Waals surface area contributed by atoms with Crippen LogP contribution in [0.4, 0.5) is 5.69 Å². The number of nitrogens with zero attached hydrogens (tertiary/aromatic N) is 2. The third-order valence-electron chi connectivity index (χ3n) is 4.23. The van der Waals surface area contributed by atoms with E-state index in [-0.39, 0.29) is 12.0 Å². The van der Waals surface area contributed by atoms with Gasteiger partial charge < -0.3 is 14.5 Å². The van der Waals surface area contributed by atoms with Gasteiger partial charge >= 0.3 is 0 Å². The lowest BCUT2D eigenvalue weighted by Gasteiger charge is -2.33. The van der Waals surface area contributed by atoms with E-state index in [0.29, 0.717) is 30.3 Å². The molecule has 2 aromatic rings. The first kappa shape index (κ1) is 16.8. The molecule has 1 atom stereocenters. The summed E-state index contributed by atoms with van der Waals surface area (Å²) in [4.78, 5) is 16.6. The first-order valence-corrected chi connectivity index (χ1v) is 8.36. The lowest BCUT2D eigenvalue weighted by molar-refractivity contribution is -0.0228. The maximum atomic E-state index is 12.7. The van der Waals surface area contributed by atoms with Gasteiger partial charge in [0.05, 0.1) is 13.2 Å². The molecule has 1 amide bonds. The number of hydrogen-bond acceptors (Lipinski definition) is 3. The fourth-order valence-corrected chi connectivity index (χ4v) is 2.92. The molecular weight excluding hydrogens is 324 g/mol. The molecule has 0 N–H and O–H groups in total. The van der Waals surface area contributed by atoms with Gasteiger partial charge in [-0.1, -0.05) is 23.7 Å². The fraction of sp³-hybridized carbons (Fsp3) is 0.316. The summed E-state index contributed by atoms with van der Waals surface area (Å²) in [6.45, 7) is 1.70. The quantitative estimate of drug-likeness (QED) is 0.852. The normalized spacial score (nSPS) is 17.6. The Labute approximate surface area is 147 Å². The molecule has 5 heteroatoms. The Kier molecular flexibility index (Phi) is 5.07. The number of ether oxygens (including phenoxy) is 1. The second kappa shape index (κ2) is 7.24. The Balaban J connectivity index is 1.71. The Hall–Kier alpha value is -2.04. The molecule has 0 radical (unpaired) electrons. The van der Waals surface area contributed by atoms with Gasteiger partial charge in [-0.05, 0) is 42.0 Å². The van der Waals surface area contributed by atoms with Crippen LogP contribution in [0.1, 0.15) is 22.0 Å². The summed E-state index contributed by atoms with van der Waals surface area (Å²) in [5.41, 5.74) is 2.89. The van der Waals surface area contributed by atoms with Crippen molar-refractivity contribution < 1.29 is 9.53 Å². The predicted octanol–water partition coefficient (Wildman–Crippen LogP) is 3.62. The molecule has 4 nitrogen and oxygen atoms in total. The van der Waals surface area contributed by atoms with Gasteiger partial charge in [-0.2, -0.15) is 0 Å². The van der Waals surface area contributed by atoms with Gasteiger partial charge in [-0.3, -0.25) is 4.79 Å². The highest BCUT2D eigenvalue weighted by atomic mass is 35.5. The minimum absolute atomic E-state index is 0.0184. The van der Waals surface area contributed by atoms with Crippen molar-refractivity contribution in [1.82, 2.24) is 4.90 Å². The second-order valence-corrected chi connectivity index (χ2v) is 6.54. The van der Waals surface area contributed by atoms with Crippen molar-refractivity contribution in [3.05, 3.63) is 64.7 Å². The van der Waals surface area contributed by atoms with E-state index in [1.807, 2.05) is 19.0 Å². The van der Waals surface area contributed by atoms with E-state index in [0.717, 1.165) is 11.3 Å². The van der Waals surface area contributed by atoms with Crippen LogP contribution in [0.3, 0.4) is 0 Å². The third kappa shape index (κ3) is 3.71. The Morgan fingerprint density at radius 3 is 2.42 bits per heavy atom. The molecule has 126 valence electrons. The molecule has 1 fully saturated rings. The zero-order valence-corrected chi connectivity index (χ0v) is 14.7. The first-order valence-electron chi connectivity index (χ1n) is 7.98. The summed E-state index contributed by atoms with van der Waals surface area (Å²) in [5.74, 6) is 0.0184. The highest BCUT2D eigenvalue weighted by molar-refractivity contribution is 6.30. The van der Waals surface area contributed by atoms with Crippen molar-refractivity contribution >= 4 is 23.2 Å². The molecule has 24 heavy (non-hydrogen) atoms. The Morgan fingerprint density at radius 2 is 1.79 bits per heavy atom. The van der Waals surface area contributed by atoms with Crippen LogP contribution in [0.15, 0.2) is 48.5 Å². The third-order valence-corrected chi connectivity index (χ3v) is 4.48. The van der Waals surface area contributed by atoms with Crippen molar-refractivity contribution in [3.63, 3.8) is 0 Å². The summed E-state index contributed by atoms with van der Waals surface area (Å²) in [5, 5.41) is 0.632. The smallest absolute Gasteiger partial charge is 0.254 e. The van der Waals surface area contributed by atoms with E-state index < -0.39 is 0 Å². The summed E-state index contributed by atoms with van der Waals surface area (Å²) < 4.78 is 5.87. The molecule has 2 aromatic carbocycles. The number of carbonyl (C=O) groups is 1. The Morgan fingerprint density at radius 1 is 1.12 bits per heavy atom. The SMILES string of the molecule is CN(C)c1ccc(C2CN(C(=O)c3ccc(Cl)cc3)CCO2)cc1. The van der Waals surface area contributed by atoms with E-state index in [1.54, 1.807) is 24.3 Å². The summed E-state index contributed by atoms with van der Waals surface area (Å²) in [6.07, 6.45) is -0.0915. The molecule has 0 saturated carbocycles. The van der Waals surface area contributed by atoms with E-state index in [4.69, 9.17) is 16.3 Å². The molecule has 0 aliphatic carbocycles. The number of hydrogen-bond donors (Lipinski definition) is 0. The monoisotopic (exact) mass is 344 g/mol. The van der Waals surface area contributed by atoms with Gasteiger partial charge in [0.15, 0.2) is 0 Å². The van der Waals surface area contributed by atoms with Crippen molar-refractivity contribution in [2.45, 2.75) is 6.10 Å². The van der Waals surface area contributed by atoms with Gasteiger partial charge in [0.1, 0.15) is 6.10 Å². The van der Waals surface area contributed by atoms with Crippen LogP contribution in [0, 0.1) is 0 Å². The average Bonchev–Trinajstić information content (AvgIpc) is 2.62. The Bertz CT molecular complexity index is 698. The van der Waals surface area contributed by atoms with E-state index in [9.17, 15) is 4.79 Å². The first-order chi connectivity index (χ1) is 11.5. The molecular formula is C19H21ClN2O2. The van der Waals surface area contributed by atoms with Crippen LogP contribution in [-0.4, -0.2) is 44.6 Å². The highest BCUT2D eigenvalue weighted by Gasteiger charge is 2.26. The molecule has 1 unspecified atom stereocenters. The van der Waals surface area contributed by atoms with Crippen LogP contribution in [0.25, 0.3) is 0 Å². The molecule has 1 aliphatic heterocycles. The van der Waals surface area contributed by atoms with E-state index in [2.05, 4.69) is 29.2 Å². The zero-order chi connectivity index (χ0) is 17.1. The van der Waals surface area contributed by atoms with Gasteiger partial charge in [0, 0.05) is 36.9 Å². The molecule has 0 bridgehead atoms.